The second-order valence-electron chi connectivity index (χ2n) is 7.46. The summed E-state index contributed by atoms with van der Waals surface area (Å²) in [6.07, 6.45) is 8.49. The van der Waals surface area contributed by atoms with Gasteiger partial charge in [0.05, 0.1) is 0 Å². The van der Waals surface area contributed by atoms with E-state index in [0.29, 0.717) is 11.8 Å². The Balaban J connectivity index is 0.00000176. The number of hydrogen-bond acceptors (Lipinski definition) is 3. The topological polar surface area (TPSA) is 98.2 Å². The third kappa shape index (κ3) is 3.40. The molecule has 0 aliphatic heterocycles. The van der Waals surface area contributed by atoms with Crippen LogP contribution in [0.15, 0.2) is 0 Å². The van der Waals surface area contributed by atoms with E-state index in [2.05, 4.69) is 5.32 Å². The summed E-state index contributed by atoms with van der Waals surface area (Å²) in [6.45, 7) is 0. The molecule has 22 heavy (non-hydrogen) atoms. The van der Waals surface area contributed by atoms with Crippen LogP contribution in [0, 0.1) is 17.8 Å². The summed E-state index contributed by atoms with van der Waals surface area (Å²) in [7, 11) is 0. The summed E-state index contributed by atoms with van der Waals surface area (Å²) >= 11 is 0. The van der Waals surface area contributed by atoms with E-state index >= 15 is 0 Å². The van der Waals surface area contributed by atoms with Crippen molar-refractivity contribution < 1.29 is 9.59 Å². The Morgan fingerprint density at radius 2 is 1.68 bits per heavy atom. The number of carbonyl (C=O) groups is 2. The maximum absolute atomic E-state index is 12.6. The molecule has 0 aromatic heterocycles. The van der Waals surface area contributed by atoms with E-state index in [1.807, 2.05) is 0 Å². The minimum atomic E-state index is -0.350. The first kappa shape index (κ1) is 17.5. The van der Waals surface area contributed by atoms with Gasteiger partial charge in [-0.15, -0.1) is 12.4 Å². The number of primary amides is 1. The van der Waals surface area contributed by atoms with Crippen molar-refractivity contribution in [3.63, 3.8) is 0 Å². The van der Waals surface area contributed by atoms with E-state index in [0.717, 1.165) is 44.9 Å². The predicted octanol–water partition coefficient (Wildman–Crippen LogP) is 1.48. The average Bonchev–Trinajstić information content (AvgIpc) is 2.34. The Hall–Kier alpha value is -0.810. The summed E-state index contributed by atoms with van der Waals surface area (Å²) in [4.78, 5) is 23.8. The third-order valence-corrected chi connectivity index (χ3v) is 6.00. The molecule has 6 heteroatoms. The summed E-state index contributed by atoms with van der Waals surface area (Å²) in [6, 6.07) is 0.283. The number of nitrogens with two attached hydrogens (primary N) is 2. The molecular weight excluding hydrogens is 302 g/mol. The second kappa shape index (κ2) is 6.75. The van der Waals surface area contributed by atoms with Crippen LogP contribution in [0.25, 0.3) is 0 Å². The average molecular weight is 330 g/mol. The van der Waals surface area contributed by atoms with Crippen molar-refractivity contribution in [2.75, 3.05) is 0 Å². The van der Waals surface area contributed by atoms with Crippen molar-refractivity contribution in [3.05, 3.63) is 0 Å². The quantitative estimate of drug-likeness (QED) is 0.728. The molecule has 3 saturated carbocycles. The van der Waals surface area contributed by atoms with Crippen LogP contribution in [0.4, 0.5) is 0 Å². The van der Waals surface area contributed by atoms with Gasteiger partial charge in [0.2, 0.25) is 11.8 Å². The van der Waals surface area contributed by atoms with Gasteiger partial charge in [-0.05, 0) is 56.8 Å². The van der Waals surface area contributed by atoms with E-state index in [1.54, 1.807) is 0 Å². The Labute approximate surface area is 138 Å². The number of halogens is 1. The number of amides is 2. The van der Waals surface area contributed by atoms with Gasteiger partial charge in [-0.2, -0.15) is 0 Å². The summed E-state index contributed by atoms with van der Waals surface area (Å²) < 4.78 is 0. The molecule has 2 bridgehead atoms. The molecule has 0 heterocycles. The number of nitrogens with one attached hydrogen (secondary N) is 1. The molecular formula is C16H28ClN3O2. The molecule has 5 nitrogen and oxygen atoms in total. The number of carbonyl (C=O) groups excluding carboxylic acids is 2. The minimum Gasteiger partial charge on any atom is -0.370 e. The molecule has 3 fully saturated rings. The highest BCUT2D eigenvalue weighted by Gasteiger charge is 2.44. The minimum absolute atomic E-state index is 0. The van der Waals surface area contributed by atoms with E-state index in [9.17, 15) is 9.59 Å². The summed E-state index contributed by atoms with van der Waals surface area (Å²) in [5, 5.41) is 3.15. The van der Waals surface area contributed by atoms with Crippen LogP contribution in [0.3, 0.4) is 0 Å². The Morgan fingerprint density at radius 1 is 1.09 bits per heavy atom. The van der Waals surface area contributed by atoms with Gasteiger partial charge in [-0.1, -0.05) is 6.42 Å². The van der Waals surface area contributed by atoms with E-state index in [-0.39, 0.29) is 48.1 Å². The van der Waals surface area contributed by atoms with Crippen LogP contribution in [0.1, 0.15) is 57.8 Å². The molecule has 0 radical (unpaired) electrons. The highest BCUT2D eigenvalue weighted by Crippen LogP contribution is 2.43. The molecule has 126 valence electrons. The lowest BCUT2D eigenvalue weighted by atomic mass is 9.64. The highest BCUT2D eigenvalue weighted by atomic mass is 35.5. The third-order valence-electron chi connectivity index (χ3n) is 6.00. The lowest BCUT2D eigenvalue weighted by Crippen LogP contribution is -2.58. The SMILES string of the molecule is Cl.NC(=O)CC1(NC(=O)C2CC3CCCC(C2)C3N)CCC1. The van der Waals surface area contributed by atoms with Gasteiger partial charge in [0.1, 0.15) is 0 Å². The maximum Gasteiger partial charge on any atom is 0.223 e. The fourth-order valence-corrected chi connectivity index (χ4v) is 4.65. The molecule has 5 N–H and O–H groups in total. The van der Waals surface area contributed by atoms with Gasteiger partial charge >= 0.3 is 0 Å². The zero-order chi connectivity index (χ0) is 15.0. The van der Waals surface area contributed by atoms with Crippen molar-refractivity contribution in [2.24, 2.45) is 29.2 Å². The first-order valence-corrected chi connectivity index (χ1v) is 8.35. The second-order valence-corrected chi connectivity index (χ2v) is 7.46. The molecule has 0 spiro atoms. The number of fused-ring (bicyclic) bond motifs is 2. The van der Waals surface area contributed by atoms with Crippen LogP contribution in [0.2, 0.25) is 0 Å². The van der Waals surface area contributed by atoms with Gasteiger partial charge in [0, 0.05) is 23.9 Å². The zero-order valence-corrected chi connectivity index (χ0v) is 13.9. The van der Waals surface area contributed by atoms with Crippen LogP contribution in [-0.2, 0) is 9.59 Å². The molecule has 3 rings (SSSR count). The normalized spacial score (nSPS) is 35.7. The van der Waals surface area contributed by atoms with Crippen molar-refractivity contribution in [1.29, 1.82) is 0 Å². The first-order chi connectivity index (χ1) is 9.99. The van der Waals surface area contributed by atoms with E-state index < -0.39 is 0 Å². The summed E-state index contributed by atoms with van der Waals surface area (Å²) in [5.41, 5.74) is 11.3. The fourth-order valence-electron chi connectivity index (χ4n) is 4.65. The van der Waals surface area contributed by atoms with Crippen LogP contribution >= 0.6 is 12.4 Å². The highest BCUT2D eigenvalue weighted by molar-refractivity contribution is 5.85. The monoisotopic (exact) mass is 329 g/mol. The molecule has 0 aromatic carbocycles. The number of hydrogen-bond donors (Lipinski definition) is 3. The Bertz CT molecular complexity index is 425. The molecule has 3 aliphatic carbocycles. The van der Waals surface area contributed by atoms with E-state index in [4.69, 9.17) is 11.5 Å². The van der Waals surface area contributed by atoms with Crippen molar-refractivity contribution in [1.82, 2.24) is 5.32 Å². The van der Waals surface area contributed by atoms with Crippen molar-refractivity contribution in [3.8, 4) is 0 Å². The van der Waals surface area contributed by atoms with Gasteiger partial charge < -0.3 is 16.8 Å². The van der Waals surface area contributed by atoms with Crippen molar-refractivity contribution >= 4 is 24.2 Å². The molecule has 2 amide bonds. The molecule has 0 aromatic rings. The summed E-state index contributed by atoms with van der Waals surface area (Å²) in [5.74, 6) is 0.881. The largest absolute Gasteiger partial charge is 0.370 e. The number of rotatable bonds is 4. The standard InChI is InChI=1S/C16H27N3O2.ClH/c17-13(20)9-16(5-2-6-16)19-15(21)12-7-10-3-1-4-11(8-12)14(10)18;/h10-12,14H,1-9,18H2,(H2,17,20)(H,19,21);1H. The zero-order valence-electron chi connectivity index (χ0n) is 13.1. The lowest BCUT2D eigenvalue weighted by Gasteiger charge is -2.46. The van der Waals surface area contributed by atoms with Crippen LogP contribution in [0.5, 0.6) is 0 Å². The predicted molar refractivity (Wildman–Crippen MR) is 87.3 cm³/mol. The lowest BCUT2D eigenvalue weighted by molar-refractivity contribution is -0.132. The van der Waals surface area contributed by atoms with Gasteiger partial charge in [0.25, 0.3) is 0 Å². The maximum atomic E-state index is 12.6. The molecule has 0 saturated heterocycles. The van der Waals surface area contributed by atoms with Gasteiger partial charge in [-0.3, -0.25) is 9.59 Å². The smallest absolute Gasteiger partial charge is 0.223 e. The van der Waals surface area contributed by atoms with Crippen LogP contribution < -0.4 is 16.8 Å². The van der Waals surface area contributed by atoms with Crippen LogP contribution in [-0.4, -0.2) is 23.4 Å². The Kier molecular flexibility index (Phi) is 5.38. The Morgan fingerprint density at radius 3 is 2.14 bits per heavy atom. The van der Waals surface area contributed by atoms with Gasteiger partial charge in [0.15, 0.2) is 0 Å². The van der Waals surface area contributed by atoms with Crippen molar-refractivity contribution in [2.45, 2.75) is 69.4 Å². The molecule has 3 aliphatic rings. The van der Waals surface area contributed by atoms with Gasteiger partial charge in [-0.25, -0.2) is 0 Å². The molecule has 2 unspecified atom stereocenters. The van der Waals surface area contributed by atoms with E-state index in [1.165, 1.54) is 6.42 Å². The fraction of sp³-hybridized carbons (Fsp3) is 0.875. The molecule has 2 atom stereocenters. The first-order valence-electron chi connectivity index (χ1n) is 8.35.